The Balaban J connectivity index is 2.41. The first-order valence-corrected chi connectivity index (χ1v) is 7.04. The lowest BCUT2D eigenvalue weighted by Crippen LogP contribution is -2.30. The van der Waals surface area contributed by atoms with E-state index in [1.165, 1.54) is 44.7 Å². The molecule has 0 unspecified atom stereocenters. The highest BCUT2D eigenvalue weighted by atomic mass is 14.1. The zero-order valence-electron chi connectivity index (χ0n) is 12.0. The normalized spacial score (nSPS) is 13.4. The summed E-state index contributed by atoms with van der Waals surface area (Å²) in [6, 6.07) is 11.2. The van der Waals surface area contributed by atoms with Gasteiger partial charge in [-0.15, -0.1) is 0 Å². The average Bonchev–Trinajstić information content (AvgIpc) is 2.40. The smallest absolute Gasteiger partial charge is 0.00767 e. The lowest BCUT2D eigenvalue weighted by molar-refractivity contribution is 1.11. The van der Waals surface area contributed by atoms with E-state index < -0.39 is 0 Å². The van der Waals surface area contributed by atoms with Crippen molar-refractivity contribution < 1.29 is 0 Å². The molecule has 0 fully saturated rings. The second-order valence-corrected chi connectivity index (χ2v) is 5.55. The quantitative estimate of drug-likeness (QED) is 0.723. The Hall–Kier alpha value is -1.82. The zero-order valence-corrected chi connectivity index (χ0v) is 12.0. The summed E-state index contributed by atoms with van der Waals surface area (Å²) < 4.78 is 0. The van der Waals surface area contributed by atoms with Gasteiger partial charge in [-0.25, -0.2) is 0 Å². The van der Waals surface area contributed by atoms with Crippen LogP contribution in [0.1, 0.15) is 29.5 Å². The molecule has 0 atom stereocenters. The predicted octanol–water partition coefficient (Wildman–Crippen LogP) is 3.63. The van der Waals surface area contributed by atoms with Crippen molar-refractivity contribution in [2.45, 2.75) is 33.6 Å². The van der Waals surface area contributed by atoms with Crippen LogP contribution in [0.3, 0.4) is 0 Å². The first-order chi connectivity index (χ1) is 9.16. The number of hydrogen-bond donors (Lipinski definition) is 0. The molecule has 0 saturated carbocycles. The molecule has 0 aliphatic heterocycles. The SMILES string of the molecule is Cc1cccc(-c2c(C)c(C)cc3c2=CCCC=3)c1. The van der Waals surface area contributed by atoms with Gasteiger partial charge >= 0.3 is 0 Å². The van der Waals surface area contributed by atoms with Crippen molar-refractivity contribution in [2.24, 2.45) is 0 Å². The van der Waals surface area contributed by atoms with Gasteiger partial charge in [0.05, 0.1) is 0 Å². The first kappa shape index (κ1) is 12.2. The van der Waals surface area contributed by atoms with Crippen LogP contribution in [0.2, 0.25) is 0 Å². The van der Waals surface area contributed by atoms with E-state index >= 15 is 0 Å². The molecule has 1 aliphatic rings. The third kappa shape index (κ3) is 2.12. The molecule has 96 valence electrons. The van der Waals surface area contributed by atoms with E-state index in [1.807, 2.05) is 0 Å². The highest BCUT2D eigenvalue weighted by Crippen LogP contribution is 2.22. The van der Waals surface area contributed by atoms with Gasteiger partial charge in [0.2, 0.25) is 0 Å². The molecule has 0 saturated heterocycles. The lowest BCUT2D eigenvalue weighted by Gasteiger charge is -2.14. The van der Waals surface area contributed by atoms with E-state index in [-0.39, 0.29) is 0 Å². The number of rotatable bonds is 1. The Labute approximate surface area is 115 Å². The minimum Gasteiger partial charge on any atom is -0.0763 e. The Morgan fingerprint density at radius 2 is 1.68 bits per heavy atom. The zero-order chi connectivity index (χ0) is 13.4. The van der Waals surface area contributed by atoms with Gasteiger partial charge in [-0.3, -0.25) is 0 Å². The summed E-state index contributed by atoms with van der Waals surface area (Å²) in [4.78, 5) is 0. The van der Waals surface area contributed by atoms with Crippen molar-refractivity contribution in [3.63, 3.8) is 0 Å². The molecule has 0 spiro atoms. The fourth-order valence-corrected chi connectivity index (χ4v) is 2.99. The van der Waals surface area contributed by atoms with Crippen molar-refractivity contribution in [3.05, 3.63) is 57.5 Å². The second-order valence-electron chi connectivity index (χ2n) is 5.55. The standard InChI is InChI=1S/C19H20/c1-13-7-6-9-17(11-13)19-15(3)14(2)12-16-8-4-5-10-18(16)19/h6-12H,4-5H2,1-3H3. The van der Waals surface area contributed by atoms with E-state index in [4.69, 9.17) is 0 Å². The second kappa shape index (κ2) is 4.70. The van der Waals surface area contributed by atoms with E-state index in [2.05, 4.69) is 63.3 Å². The molecule has 0 nitrogen and oxygen atoms in total. The molecule has 0 amide bonds. The van der Waals surface area contributed by atoms with Gasteiger partial charge in [-0.05, 0) is 66.3 Å². The summed E-state index contributed by atoms with van der Waals surface area (Å²) in [5.41, 5.74) is 6.91. The van der Waals surface area contributed by atoms with Crippen LogP contribution in [-0.2, 0) is 0 Å². The fraction of sp³-hybridized carbons (Fsp3) is 0.263. The maximum atomic E-state index is 2.40. The van der Waals surface area contributed by atoms with E-state index in [1.54, 1.807) is 0 Å². The van der Waals surface area contributed by atoms with Gasteiger partial charge < -0.3 is 0 Å². The summed E-state index contributed by atoms with van der Waals surface area (Å²) in [5.74, 6) is 0. The van der Waals surface area contributed by atoms with Gasteiger partial charge in [-0.1, -0.05) is 48.0 Å². The summed E-state index contributed by atoms with van der Waals surface area (Å²) in [6.07, 6.45) is 7.11. The third-order valence-corrected chi connectivity index (χ3v) is 4.10. The molecule has 0 radical (unpaired) electrons. The van der Waals surface area contributed by atoms with Gasteiger partial charge in [-0.2, -0.15) is 0 Å². The average molecular weight is 248 g/mol. The highest BCUT2D eigenvalue weighted by molar-refractivity contribution is 5.71. The van der Waals surface area contributed by atoms with E-state index in [9.17, 15) is 0 Å². The molecule has 0 bridgehead atoms. The fourth-order valence-electron chi connectivity index (χ4n) is 2.99. The number of hydrogen-bond acceptors (Lipinski definition) is 0. The number of benzene rings is 2. The number of aryl methyl sites for hydroxylation is 2. The minimum absolute atomic E-state index is 1.16. The van der Waals surface area contributed by atoms with Crippen LogP contribution in [0.4, 0.5) is 0 Å². The first-order valence-electron chi connectivity index (χ1n) is 7.04. The molecule has 2 aromatic carbocycles. The van der Waals surface area contributed by atoms with E-state index in [0.29, 0.717) is 0 Å². The Morgan fingerprint density at radius 1 is 0.895 bits per heavy atom. The van der Waals surface area contributed by atoms with Crippen molar-refractivity contribution in [3.8, 4) is 11.1 Å². The maximum absolute atomic E-state index is 2.40. The van der Waals surface area contributed by atoms with Crippen LogP contribution < -0.4 is 10.4 Å². The third-order valence-electron chi connectivity index (χ3n) is 4.10. The van der Waals surface area contributed by atoms with Crippen LogP contribution in [-0.4, -0.2) is 0 Å². The maximum Gasteiger partial charge on any atom is -0.00767 e. The highest BCUT2D eigenvalue weighted by Gasteiger charge is 2.09. The predicted molar refractivity (Wildman–Crippen MR) is 83.5 cm³/mol. The molecule has 0 N–H and O–H groups in total. The minimum atomic E-state index is 1.16. The van der Waals surface area contributed by atoms with Crippen LogP contribution in [0.25, 0.3) is 23.3 Å². The van der Waals surface area contributed by atoms with Crippen LogP contribution in [0.5, 0.6) is 0 Å². The molecule has 3 rings (SSSR count). The molecule has 2 aromatic rings. The molecular formula is C19H20. The molecule has 1 aliphatic carbocycles. The van der Waals surface area contributed by atoms with Gasteiger partial charge in [0.15, 0.2) is 0 Å². The monoisotopic (exact) mass is 248 g/mol. The van der Waals surface area contributed by atoms with Crippen LogP contribution in [0, 0.1) is 20.8 Å². The van der Waals surface area contributed by atoms with Gasteiger partial charge in [0.25, 0.3) is 0 Å². The lowest BCUT2D eigenvalue weighted by atomic mass is 9.90. The Morgan fingerprint density at radius 3 is 2.47 bits per heavy atom. The molecule has 0 heterocycles. The van der Waals surface area contributed by atoms with E-state index in [0.717, 1.165) is 6.42 Å². The van der Waals surface area contributed by atoms with Crippen LogP contribution >= 0.6 is 0 Å². The summed E-state index contributed by atoms with van der Waals surface area (Å²) in [5, 5.41) is 2.84. The van der Waals surface area contributed by atoms with Crippen molar-refractivity contribution in [2.75, 3.05) is 0 Å². The Bertz CT molecular complexity index is 748. The number of fused-ring (bicyclic) bond motifs is 1. The topological polar surface area (TPSA) is 0 Å². The molecule has 0 aromatic heterocycles. The molecule has 0 heteroatoms. The van der Waals surface area contributed by atoms with Crippen LogP contribution in [0.15, 0.2) is 30.3 Å². The van der Waals surface area contributed by atoms with Gasteiger partial charge in [0, 0.05) is 0 Å². The van der Waals surface area contributed by atoms with Crippen molar-refractivity contribution in [1.82, 2.24) is 0 Å². The summed E-state index contributed by atoms with van der Waals surface area (Å²) in [7, 11) is 0. The summed E-state index contributed by atoms with van der Waals surface area (Å²) in [6.45, 7) is 6.63. The largest absolute Gasteiger partial charge is 0.0763 e. The molecular weight excluding hydrogens is 228 g/mol. The van der Waals surface area contributed by atoms with Crippen molar-refractivity contribution >= 4 is 12.2 Å². The summed E-state index contributed by atoms with van der Waals surface area (Å²) >= 11 is 0. The Kier molecular flexibility index (Phi) is 3.02. The van der Waals surface area contributed by atoms with Crippen molar-refractivity contribution in [1.29, 1.82) is 0 Å². The molecule has 19 heavy (non-hydrogen) atoms. The van der Waals surface area contributed by atoms with Gasteiger partial charge in [0.1, 0.15) is 0 Å².